The van der Waals surface area contributed by atoms with Crippen LogP contribution in [-0.2, 0) is 0 Å². The summed E-state index contributed by atoms with van der Waals surface area (Å²) in [5, 5.41) is 11.4. The molecule has 80 valence electrons. The number of hydrogen-bond acceptors (Lipinski definition) is 2. The smallest absolute Gasteiger partial charge is 0.251 e. The maximum atomic E-state index is 11.6. The van der Waals surface area contributed by atoms with Gasteiger partial charge in [-0.05, 0) is 25.1 Å². The molecule has 0 saturated heterocycles. The van der Waals surface area contributed by atoms with Gasteiger partial charge in [-0.1, -0.05) is 6.07 Å². The van der Waals surface area contributed by atoms with Crippen molar-refractivity contribution in [3.05, 3.63) is 35.4 Å². The van der Waals surface area contributed by atoms with Gasteiger partial charge >= 0.3 is 0 Å². The van der Waals surface area contributed by atoms with Crippen LogP contribution in [0.25, 0.3) is 0 Å². The largest absolute Gasteiger partial charge is 0.351 e. The summed E-state index contributed by atoms with van der Waals surface area (Å²) in [5.74, 6) is 5.44. The van der Waals surface area contributed by atoms with Crippen LogP contribution in [-0.4, -0.2) is 12.5 Å². The van der Waals surface area contributed by atoms with Crippen molar-refractivity contribution in [2.75, 3.05) is 6.54 Å². The number of nitriles is 1. The van der Waals surface area contributed by atoms with Crippen LogP contribution < -0.4 is 5.32 Å². The lowest BCUT2D eigenvalue weighted by Crippen LogP contribution is -2.24. The number of amides is 1. The first-order valence-electron chi connectivity index (χ1n) is 4.96. The minimum absolute atomic E-state index is 0.171. The number of rotatable bonds is 3. The monoisotopic (exact) mass is 212 g/mol. The van der Waals surface area contributed by atoms with Gasteiger partial charge in [-0.3, -0.25) is 4.79 Å². The van der Waals surface area contributed by atoms with Crippen molar-refractivity contribution in [2.24, 2.45) is 0 Å². The summed E-state index contributed by atoms with van der Waals surface area (Å²) < 4.78 is 0. The second kappa shape index (κ2) is 6.27. The Morgan fingerprint density at radius 2 is 2.31 bits per heavy atom. The molecule has 1 rings (SSSR count). The Labute approximate surface area is 95.1 Å². The van der Waals surface area contributed by atoms with E-state index in [1.807, 2.05) is 6.07 Å². The van der Waals surface area contributed by atoms with Crippen LogP contribution in [0.2, 0.25) is 0 Å². The zero-order valence-corrected chi connectivity index (χ0v) is 9.08. The van der Waals surface area contributed by atoms with Crippen molar-refractivity contribution < 1.29 is 4.79 Å². The van der Waals surface area contributed by atoms with Crippen LogP contribution in [0.1, 0.15) is 29.3 Å². The topological polar surface area (TPSA) is 52.9 Å². The lowest BCUT2D eigenvalue weighted by Gasteiger charge is -2.02. The van der Waals surface area contributed by atoms with Crippen molar-refractivity contribution >= 4 is 5.91 Å². The Bertz CT molecular complexity index is 475. The average Bonchev–Trinajstić information content (AvgIpc) is 2.34. The Morgan fingerprint density at radius 3 is 3.00 bits per heavy atom. The summed E-state index contributed by atoms with van der Waals surface area (Å²) in [4.78, 5) is 11.6. The molecule has 3 heteroatoms. The van der Waals surface area contributed by atoms with E-state index in [-0.39, 0.29) is 5.91 Å². The molecule has 0 fully saturated rings. The maximum Gasteiger partial charge on any atom is 0.251 e. The maximum absolute atomic E-state index is 11.6. The standard InChI is InChI=1S/C13H12N2O/c1-2-3-4-8-15-13(16)12-7-5-6-11(9-12)10-14/h5-7,9H,4,8H2,1H3,(H,15,16). The van der Waals surface area contributed by atoms with E-state index in [0.717, 1.165) is 0 Å². The molecule has 1 amide bonds. The van der Waals surface area contributed by atoms with Gasteiger partial charge in [0.25, 0.3) is 5.91 Å². The van der Waals surface area contributed by atoms with E-state index < -0.39 is 0 Å². The highest BCUT2D eigenvalue weighted by Crippen LogP contribution is 2.03. The quantitative estimate of drug-likeness (QED) is 0.612. The van der Waals surface area contributed by atoms with Gasteiger partial charge in [0, 0.05) is 18.5 Å². The van der Waals surface area contributed by atoms with Crippen molar-refractivity contribution in [2.45, 2.75) is 13.3 Å². The molecule has 1 aromatic rings. The number of hydrogen-bond donors (Lipinski definition) is 1. The fraction of sp³-hybridized carbons (Fsp3) is 0.231. The minimum atomic E-state index is -0.171. The second-order valence-electron chi connectivity index (χ2n) is 3.13. The second-order valence-corrected chi connectivity index (χ2v) is 3.13. The molecule has 0 aromatic heterocycles. The number of nitrogens with zero attached hydrogens (tertiary/aromatic N) is 1. The van der Waals surface area contributed by atoms with Gasteiger partial charge in [0.2, 0.25) is 0 Å². The molecule has 0 aliphatic heterocycles. The van der Waals surface area contributed by atoms with Gasteiger partial charge in [-0.15, -0.1) is 11.8 Å². The normalized spacial score (nSPS) is 8.50. The summed E-state index contributed by atoms with van der Waals surface area (Å²) in [6, 6.07) is 8.61. The first-order valence-corrected chi connectivity index (χ1v) is 4.96. The molecular weight excluding hydrogens is 200 g/mol. The molecule has 0 spiro atoms. The Hall–Kier alpha value is -2.26. The number of benzene rings is 1. The van der Waals surface area contributed by atoms with Crippen molar-refractivity contribution in [3.8, 4) is 17.9 Å². The predicted molar refractivity (Wildman–Crippen MR) is 61.6 cm³/mol. The van der Waals surface area contributed by atoms with Crippen molar-refractivity contribution in [1.29, 1.82) is 5.26 Å². The summed E-state index contributed by atoms with van der Waals surface area (Å²) in [6.45, 7) is 2.29. The fourth-order valence-corrected chi connectivity index (χ4v) is 1.20. The van der Waals surface area contributed by atoms with Gasteiger partial charge in [0.05, 0.1) is 11.6 Å². The highest BCUT2D eigenvalue weighted by atomic mass is 16.1. The van der Waals surface area contributed by atoms with Gasteiger partial charge < -0.3 is 5.32 Å². The number of carbonyl (C=O) groups excluding carboxylic acids is 1. The molecule has 1 aromatic carbocycles. The zero-order valence-electron chi connectivity index (χ0n) is 9.08. The molecule has 3 nitrogen and oxygen atoms in total. The first kappa shape index (κ1) is 11.8. The van der Waals surface area contributed by atoms with E-state index in [4.69, 9.17) is 5.26 Å². The summed E-state index contributed by atoms with van der Waals surface area (Å²) >= 11 is 0. The number of carbonyl (C=O) groups is 1. The van der Waals surface area contributed by atoms with Crippen LogP contribution in [0.3, 0.4) is 0 Å². The Kier molecular flexibility index (Phi) is 4.63. The third kappa shape index (κ3) is 3.48. The predicted octanol–water partition coefficient (Wildman–Crippen LogP) is 1.70. The lowest BCUT2D eigenvalue weighted by molar-refractivity contribution is 0.0954. The van der Waals surface area contributed by atoms with Crippen molar-refractivity contribution in [3.63, 3.8) is 0 Å². The van der Waals surface area contributed by atoms with Crippen LogP contribution in [0.4, 0.5) is 0 Å². The summed E-state index contributed by atoms with van der Waals surface area (Å²) in [6.07, 6.45) is 0.639. The first-order chi connectivity index (χ1) is 7.77. The number of nitrogens with one attached hydrogen (secondary N) is 1. The molecule has 16 heavy (non-hydrogen) atoms. The highest BCUT2D eigenvalue weighted by Gasteiger charge is 2.04. The Balaban J connectivity index is 2.58. The summed E-state index contributed by atoms with van der Waals surface area (Å²) in [7, 11) is 0. The molecule has 0 radical (unpaired) electrons. The van der Waals surface area contributed by atoms with Crippen LogP contribution in [0.15, 0.2) is 24.3 Å². The van der Waals surface area contributed by atoms with Crippen LogP contribution in [0, 0.1) is 23.2 Å². The average molecular weight is 212 g/mol. The molecule has 0 heterocycles. The van der Waals surface area contributed by atoms with Gasteiger partial charge in [0.15, 0.2) is 0 Å². The van der Waals surface area contributed by atoms with E-state index in [1.165, 1.54) is 0 Å². The van der Waals surface area contributed by atoms with E-state index >= 15 is 0 Å². The van der Waals surface area contributed by atoms with Crippen LogP contribution in [0.5, 0.6) is 0 Å². The highest BCUT2D eigenvalue weighted by molar-refractivity contribution is 5.94. The van der Waals surface area contributed by atoms with E-state index in [9.17, 15) is 4.79 Å². The molecule has 0 saturated carbocycles. The van der Waals surface area contributed by atoms with Crippen molar-refractivity contribution in [1.82, 2.24) is 5.32 Å². The van der Waals surface area contributed by atoms with E-state index in [1.54, 1.807) is 31.2 Å². The lowest BCUT2D eigenvalue weighted by atomic mass is 10.1. The van der Waals surface area contributed by atoms with Gasteiger partial charge in [0.1, 0.15) is 0 Å². The SMILES string of the molecule is CC#CCCNC(=O)c1cccc(C#N)c1. The molecule has 0 unspecified atom stereocenters. The molecular formula is C13H12N2O. The molecule has 0 atom stereocenters. The van der Waals surface area contributed by atoms with Gasteiger partial charge in [-0.25, -0.2) is 0 Å². The van der Waals surface area contributed by atoms with E-state index in [0.29, 0.717) is 24.1 Å². The third-order valence-corrected chi connectivity index (χ3v) is 1.97. The molecule has 1 N–H and O–H groups in total. The third-order valence-electron chi connectivity index (χ3n) is 1.97. The molecule has 0 aliphatic carbocycles. The fourth-order valence-electron chi connectivity index (χ4n) is 1.20. The summed E-state index contributed by atoms with van der Waals surface area (Å²) in [5.41, 5.74) is 0.990. The molecule has 0 aliphatic rings. The zero-order chi connectivity index (χ0) is 11.8. The Morgan fingerprint density at radius 1 is 1.50 bits per heavy atom. The molecule has 0 bridgehead atoms. The minimum Gasteiger partial charge on any atom is -0.351 e. The van der Waals surface area contributed by atoms with Gasteiger partial charge in [-0.2, -0.15) is 5.26 Å². The van der Waals surface area contributed by atoms with E-state index in [2.05, 4.69) is 17.2 Å². The van der Waals surface area contributed by atoms with Crippen LogP contribution >= 0.6 is 0 Å².